The maximum Gasteiger partial charge on any atom is 0.312 e. The Kier molecular flexibility index (Phi) is 7.20. The number of sulfonamides is 1. The maximum atomic E-state index is 13.0. The third kappa shape index (κ3) is 5.51. The fraction of sp³-hybridized carbons (Fsp3) is 0. The number of nitrogens with zero attached hydrogens (tertiary/aromatic N) is 3. The first-order valence-corrected chi connectivity index (χ1v) is 11.3. The van der Waals surface area contributed by atoms with Crippen molar-refractivity contribution in [3.8, 4) is 5.75 Å². The number of rotatable bonds is 8. The summed E-state index contributed by atoms with van der Waals surface area (Å²) in [5.74, 6) is -0.711. The number of phenols is 1. The summed E-state index contributed by atoms with van der Waals surface area (Å²) < 4.78 is 28.2. The van der Waals surface area contributed by atoms with Crippen LogP contribution in [0.1, 0.15) is 5.56 Å². The van der Waals surface area contributed by atoms with E-state index in [1.807, 2.05) is 0 Å². The molecule has 3 aromatic rings. The van der Waals surface area contributed by atoms with Gasteiger partial charge in [-0.1, -0.05) is 35.3 Å². The summed E-state index contributed by atoms with van der Waals surface area (Å²) in [5.41, 5.74) is 0.983. The van der Waals surface area contributed by atoms with Gasteiger partial charge in [0.05, 0.1) is 32.5 Å². The summed E-state index contributed by atoms with van der Waals surface area (Å²) in [4.78, 5) is 20.1. The standard InChI is InChI=1S/C19H13Cl2N5O7S/c20-12-7-11(19(27)17(8-12)26(30)31)10-22-23-16-6-5-13(25(28)29)9-18(16)34(32,33)24-15-4-2-1-3-14(15)21/h1-10,23-24,27H/b22-10-. The van der Waals surface area contributed by atoms with Crippen LogP contribution in [0.25, 0.3) is 0 Å². The van der Waals surface area contributed by atoms with Gasteiger partial charge in [0.15, 0.2) is 0 Å². The Balaban J connectivity index is 1.99. The second-order valence-electron chi connectivity index (χ2n) is 6.51. The van der Waals surface area contributed by atoms with Crippen LogP contribution in [0.2, 0.25) is 10.0 Å². The number of nitrogens with one attached hydrogen (secondary N) is 2. The zero-order valence-corrected chi connectivity index (χ0v) is 19.0. The van der Waals surface area contributed by atoms with Gasteiger partial charge in [0.2, 0.25) is 5.75 Å². The van der Waals surface area contributed by atoms with Crippen LogP contribution in [0.15, 0.2) is 64.6 Å². The van der Waals surface area contributed by atoms with Crippen molar-refractivity contribution >= 4 is 62.2 Å². The second kappa shape index (κ2) is 9.91. The van der Waals surface area contributed by atoms with E-state index in [2.05, 4.69) is 15.2 Å². The molecule has 0 radical (unpaired) electrons. The molecule has 0 bridgehead atoms. The van der Waals surface area contributed by atoms with Crippen molar-refractivity contribution in [3.05, 3.63) is 90.4 Å². The molecule has 0 heterocycles. The molecule has 0 atom stereocenters. The summed E-state index contributed by atoms with van der Waals surface area (Å²) >= 11 is 11.8. The van der Waals surface area contributed by atoms with E-state index < -0.39 is 41.9 Å². The van der Waals surface area contributed by atoms with Gasteiger partial charge in [-0.3, -0.25) is 30.4 Å². The summed E-state index contributed by atoms with van der Waals surface area (Å²) in [6.45, 7) is 0. The number of benzene rings is 3. The Bertz CT molecular complexity index is 1430. The van der Waals surface area contributed by atoms with E-state index >= 15 is 0 Å². The van der Waals surface area contributed by atoms with Crippen molar-refractivity contribution in [3.63, 3.8) is 0 Å². The highest BCUT2D eigenvalue weighted by Crippen LogP contribution is 2.33. The minimum atomic E-state index is -4.39. The number of para-hydroxylation sites is 1. The van der Waals surface area contributed by atoms with Crippen molar-refractivity contribution in [2.75, 3.05) is 10.1 Å². The van der Waals surface area contributed by atoms with Crippen molar-refractivity contribution in [1.29, 1.82) is 0 Å². The fourth-order valence-electron chi connectivity index (χ4n) is 2.70. The molecule has 0 amide bonds. The van der Waals surface area contributed by atoms with Gasteiger partial charge in [0, 0.05) is 28.8 Å². The summed E-state index contributed by atoms with van der Waals surface area (Å²) in [5, 5.41) is 36.1. The number of hydrogen-bond acceptors (Lipinski definition) is 9. The summed E-state index contributed by atoms with van der Waals surface area (Å²) in [6.07, 6.45) is 0.966. The number of anilines is 2. The number of nitro groups is 2. The molecule has 0 saturated carbocycles. The lowest BCUT2D eigenvalue weighted by Gasteiger charge is -2.13. The maximum absolute atomic E-state index is 13.0. The summed E-state index contributed by atoms with van der Waals surface area (Å²) in [7, 11) is -4.39. The van der Waals surface area contributed by atoms with Crippen molar-refractivity contribution in [2.45, 2.75) is 4.90 Å². The van der Waals surface area contributed by atoms with Crippen molar-refractivity contribution in [1.82, 2.24) is 0 Å². The van der Waals surface area contributed by atoms with Gasteiger partial charge < -0.3 is 5.11 Å². The minimum Gasteiger partial charge on any atom is -0.502 e. The van der Waals surface area contributed by atoms with E-state index in [9.17, 15) is 33.8 Å². The first-order valence-electron chi connectivity index (χ1n) is 9.01. The molecule has 0 unspecified atom stereocenters. The van der Waals surface area contributed by atoms with Crippen molar-refractivity contribution < 1.29 is 23.4 Å². The normalized spacial score (nSPS) is 11.4. The highest BCUT2D eigenvalue weighted by molar-refractivity contribution is 7.93. The van der Waals surface area contributed by atoms with Gasteiger partial charge in [0.1, 0.15) is 4.90 Å². The zero-order valence-electron chi connectivity index (χ0n) is 16.7. The van der Waals surface area contributed by atoms with Gasteiger partial charge in [-0.15, -0.1) is 0 Å². The topological polar surface area (TPSA) is 177 Å². The van der Waals surface area contributed by atoms with Crippen LogP contribution in [0, 0.1) is 20.2 Å². The Labute approximate surface area is 201 Å². The van der Waals surface area contributed by atoms with Gasteiger partial charge in [-0.25, -0.2) is 8.42 Å². The average molecular weight is 526 g/mol. The van der Waals surface area contributed by atoms with Crippen LogP contribution in [0.5, 0.6) is 5.75 Å². The molecule has 0 aliphatic heterocycles. The molecule has 0 aliphatic carbocycles. The van der Waals surface area contributed by atoms with Crippen LogP contribution in [-0.4, -0.2) is 29.6 Å². The number of hydrazone groups is 1. The van der Waals surface area contributed by atoms with Gasteiger partial charge in [-0.05, 0) is 24.3 Å². The molecule has 34 heavy (non-hydrogen) atoms. The van der Waals surface area contributed by atoms with E-state index in [0.717, 1.165) is 30.5 Å². The average Bonchev–Trinajstić information content (AvgIpc) is 2.77. The fourth-order valence-corrected chi connectivity index (χ4v) is 4.41. The van der Waals surface area contributed by atoms with E-state index in [1.54, 1.807) is 6.07 Å². The quantitative estimate of drug-likeness (QED) is 0.214. The molecule has 12 nitrogen and oxygen atoms in total. The summed E-state index contributed by atoms with van der Waals surface area (Å²) in [6, 6.07) is 11.1. The Morgan fingerprint density at radius 2 is 1.68 bits per heavy atom. The van der Waals surface area contributed by atoms with E-state index in [0.29, 0.717) is 0 Å². The third-order valence-electron chi connectivity index (χ3n) is 4.25. The molecule has 0 saturated heterocycles. The predicted octanol–water partition coefficient (Wildman–Crippen LogP) is 4.76. The smallest absolute Gasteiger partial charge is 0.312 e. The highest BCUT2D eigenvalue weighted by atomic mass is 35.5. The van der Waals surface area contributed by atoms with E-state index in [-0.39, 0.29) is 27.0 Å². The largest absolute Gasteiger partial charge is 0.502 e. The molecule has 0 fully saturated rings. The molecular formula is C19H13Cl2N5O7S. The monoisotopic (exact) mass is 525 g/mol. The number of aromatic hydroxyl groups is 1. The molecular weight excluding hydrogens is 513 g/mol. The Morgan fingerprint density at radius 1 is 0.971 bits per heavy atom. The lowest BCUT2D eigenvalue weighted by Crippen LogP contribution is -2.15. The van der Waals surface area contributed by atoms with Crippen LogP contribution in [0.4, 0.5) is 22.7 Å². The molecule has 176 valence electrons. The minimum absolute atomic E-state index is 0.0429. The predicted molar refractivity (Wildman–Crippen MR) is 126 cm³/mol. The lowest BCUT2D eigenvalue weighted by atomic mass is 10.2. The van der Waals surface area contributed by atoms with E-state index in [4.69, 9.17) is 23.2 Å². The highest BCUT2D eigenvalue weighted by Gasteiger charge is 2.24. The number of non-ortho nitro benzene ring substituents is 1. The van der Waals surface area contributed by atoms with Crippen LogP contribution >= 0.6 is 23.2 Å². The SMILES string of the molecule is O=[N+]([O-])c1ccc(N/N=C\c2cc(Cl)cc([N+](=O)[O-])c2O)c(S(=O)(=O)Nc2ccccc2Cl)c1. The molecule has 3 rings (SSSR count). The van der Waals surface area contributed by atoms with E-state index in [1.165, 1.54) is 24.3 Å². The Hall–Kier alpha value is -3.94. The number of hydrogen-bond donors (Lipinski definition) is 3. The second-order valence-corrected chi connectivity index (χ2v) is 9.01. The number of nitro benzene ring substituents is 2. The van der Waals surface area contributed by atoms with Crippen molar-refractivity contribution in [2.24, 2.45) is 5.10 Å². The number of halogens is 2. The molecule has 15 heteroatoms. The van der Waals surface area contributed by atoms with Gasteiger partial charge in [-0.2, -0.15) is 5.10 Å². The third-order valence-corrected chi connectivity index (χ3v) is 6.21. The Morgan fingerprint density at radius 3 is 2.32 bits per heavy atom. The van der Waals surface area contributed by atoms with Crippen LogP contribution in [-0.2, 0) is 10.0 Å². The molecule has 3 aromatic carbocycles. The first kappa shape index (κ1) is 24.7. The number of phenolic OH excluding ortho intramolecular Hbond substituents is 1. The molecule has 0 aliphatic rings. The molecule has 0 spiro atoms. The lowest BCUT2D eigenvalue weighted by molar-refractivity contribution is -0.385. The zero-order chi connectivity index (χ0) is 25.0. The van der Waals surface area contributed by atoms with Crippen LogP contribution in [0.3, 0.4) is 0 Å². The van der Waals surface area contributed by atoms with Gasteiger partial charge >= 0.3 is 5.69 Å². The first-order chi connectivity index (χ1) is 16.0. The molecule has 0 aromatic heterocycles. The van der Waals surface area contributed by atoms with Gasteiger partial charge in [0.25, 0.3) is 15.7 Å². The van der Waals surface area contributed by atoms with Crippen LogP contribution < -0.4 is 10.1 Å². The molecule has 3 N–H and O–H groups in total.